The number of ketones is 1. The van der Waals surface area contributed by atoms with Crippen molar-refractivity contribution in [2.24, 2.45) is 5.41 Å². The Bertz CT molecular complexity index is 550. The molecule has 1 aromatic carbocycles. The fourth-order valence-corrected chi connectivity index (χ4v) is 3.39. The number of piperidine rings is 1. The van der Waals surface area contributed by atoms with Crippen LogP contribution in [0.2, 0.25) is 0 Å². The molecule has 2 rings (SSSR count). The van der Waals surface area contributed by atoms with Crippen LogP contribution in [0.5, 0.6) is 0 Å². The van der Waals surface area contributed by atoms with Crippen LogP contribution in [-0.2, 0) is 4.79 Å². The van der Waals surface area contributed by atoms with Crippen molar-refractivity contribution in [3.8, 4) is 0 Å². The molecule has 0 unspecified atom stereocenters. The predicted molar refractivity (Wildman–Crippen MR) is 85.2 cm³/mol. The zero-order chi connectivity index (χ0) is 15.1. The first-order chi connectivity index (χ1) is 9.27. The Morgan fingerprint density at radius 3 is 2.30 bits per heavy atom. The highest BCUT2D eigenvalue weighted by atomic mass is 16.1. The Kier molecular flexibility index (Phi) is 3.77. The van der Waals surface area contributed by atoms with E-state index < -0.39 is 5.41 Å². The van der Waals surface area contributed by atoms with Gasteiger partial charge in [-0.1, -0.05) is 24.3 Å². The molecule has 1 aliphatic rings. The van der Waals surface area contributed by atoms with Crippen LogP contribution in [0.15, 0.2) is 24.4 Å². The minimum absolute atomic E-state index is 0.217. The van der Waals surface area contributed by atoms with Crippen LogP contribution in [0.3, 0.4) is 0 Å². The molecule has 0 aromatic heterocycles. The fourth-order valence-electron chi connectivity index (χ4n) is 3.39. The zero-order valence-corrected chi connectivity index (χ0v) is 13.3. The van der Waals surface area contributed by atoms with E-state index in [1.165, 1.54) is 22.4 Å². The highest BCUT2D eigenvalue weighted by Crippen LogP contribution is 2.42. The van der Waals surface area contributed by atoms with Crippen molar-refractivity contribution >= 4 is 11.5 Å². The molecule has 0 saturated carbocycles. The van der Waals surface area contributed by atoms with Crippen LogP contribution in [0, 0.1) is 26.2 Å². The van der Waals surface area contributed by atoms with Crippen LogP contribution in [0.25, 0.3) is 0 Å². The number of carbonyl (C=O) groups excluding carboxylic acids is 1. The Morgan fingerprint density at radius 1 is 1.25 bits per heavy atom. The summed E-state index contributed by atoms with van der Waals surface area (Å²) in [6, 6.07) is 4.41. The largest absolute Gasteiger partial charge is 0.344 e. The van der Waals surface area contributed by atoms with Gasteiger partial charge in [-0.3, -0.25) is 4.79 Å². The first kappa shape index (κ1) is 14.8. The van der Waals surface area contributed by atoms with Crippen molar-refractivity contribution in [1.82, 2.24) is 0 Å². The average molecular weight is 271 g/mol. The standard InChI is InChI=1S/C18H25NO/c1-12-10-13(2)17(14(3)11-12)19-9-7-8-18(6,15(19)4)16(5)20/h10-11H,4,7-9H2,1-3,5-6H3/t18-/m0/s1. The number of benzene rings is 1. The zero-order valence-electron chi connectivity index (χ0n) is 13.3. The SMILES string of the molecule is C=C1N(c2c(C)cc(C)cc2C)CCC[C@]1(C)C(C)=O. The third-order valence-electron chi connectivity index (χ3n) is 4.70. The molecule has 0 amide bonds. The average Bonchev–Trinajstić information content (AvgIpc) is 2.33. The van der Waals surface area contributed by atoms with Crippen molar-refractivity contribution in [2.75, 3.05) is 11.4 Å². The van der Waals surface area contributed by atoms with Gasteiger partial charge in [0.2, 0.25) is 0 Å². The summed E-state index contributed by atoms with van der Waals surface area (Å²) >= 11 is 0. The van der Waals surface area contributed by atoms with Gasteiger partial charge in [0.25, 0.3) is 0 Å². The minimum atomic E-state index is -0.415. The third kappa shape index (κ3) is 2.28. The van der Waals surface area contributed by atoms with Crippen molar-refractivity contribution < 1.29 is 4.79 Å². The first-order valence-electron chi connectivity index (χ1n) is 7.33. The number of hydrogen-bond donors (Lipinski definition) is 0. The number of Topliss-reactive ketones (excluding diaryl/α,β-unsaturated/α-hetero) is 1. The summed E-state index contributed by atoms with van der Waals surface area (Å²) in [5.74, 6) is 0.217. The molecule has 0 bridgehead atoms. The highest BCUT2D eigenvalue weighted by Gasteiger charge is 2.39. The summed E-state index contributed by atoms with van der Waals surface area (Å²) in [4.78, 5) is 14.3. The molecule has 20 heavy (non-hydrogen) atoms. The predicted octanol–water partition coefficient (Wildman–Crippen LogP) is 4.32. The number of carbonyl (C=O) groups is 1. The molecular weight excluding hydrogens is 246 g/mol. The van der Waals surface area contributed by atoms with Gasteiger partial charge in [0.1, 0.15) is 5.78 Å². The number of allylic oxidation sites excluding steroid dienone is 1. The van der Waals surface area contributed by atoms with Crippen LogP contribution < -0.4 is 4.90 Å². The van der Waals surface area contributed by atoms with Crippen LogP contribution in [0.4, 0.5) is 5.69 Å². The molecule has 0 spiro atoms. The van der Waals surface area contributed by atoms with Gasteiger partial charge in [-0.2, -0.15) is 0 Å². The Balaban J connectivity index is 2.48. The summed E-state index contributed by atoms with van der Waals surface area (Å²) in [5, 5.41) is 0. The van der Waals surface area contributed by atoms with Gasteiger partial charge < -0.3 is 4.90 Å². The van der Waals surface area contributed by atoms with E-state index in [0.29, 0.717) is 0 Å². The molecule has 108 valence electrons. The lowest BCUT2D eigenvalue weighted by atomic mass is 9.75. The number of anilines is 1. The van der Waals surface area contributed by atoms with Crippen LogP contribution >= 0.6 is 0 Å². The Hall–Kier alpha value is -1.57. The van der Waals surface area contributed by atoms with Gasteiger partial charge in [-0.15, -0.1) is 0 Å². The van der Waals surface area contributed by atoms with Crippen LogP contribution in [-0.4, -0.2) is 12.3 Å². The van der Waals surface area contributed by atoms with Gasteiger partial charge in [-0.25, -0.2) is 0 Å². The number of aryl methyl sites for hydroxylation is 3. The molecule has 1 atom stereocenters. The van der Waals surface area contributed by atoms with E-state index >= 15 is 0 Å². The van der Waals surface area contributed by atoms with E-state index in [-0.39, 0.29) is 5.78 Å². The summed E-state index contributed by atoms with van der Waals surface area (Å²) in [6.07, 6.45) is 1.93. The van der Waals surface area contributed by atoms with Crippen molar-refractivity contribution in [3.05, 3.63) is 41.1 Å². The van der Waals surface area contributed by atoms with Gasteiger partial charge in [0.15, 0.2) is 0 Å². The molecule has 1 saturated heterocycles. The molecule has 1 fully saturated rings. The van der Waals surface area contributed by atoms with E-state index in [0.717, 1.165) is 25.1 Å². The lowest BCUT2D eigenvalue weighted by molar-refractivity contribution is -0.124. The number of hydrogen-bond acceptors (Lipinski definition) is 2. The van der Waals surface area contributed by atoms with E-state index in [4.69, 9.17) is 0 Å². The van der Waals surface area contributed by atoms with E-state index in [2.05, 4.69) is 44.4 Å². The fraction of sp³-hybridized carbons (Fsp3) is 0.500. The summed E-state index contributed by atoms with van der Waals surface area (Å²) in [7, 11) is 0. The summed E-state index contributed by atoms with van der Waals surface area (Å²) in [5.41, 5.74) is 5.56. The molecule has 1 aromatic rings. The van der Waals surface area contributed by atoms with Gasteiger partial charge in [0.05, 0.1) is 5.41 Å². The Morgan fingerprint density at radius 2 is 1.80 bits per heavy atom. The lowest BCUT2D eigenvalue weighted by Gasteiger charge is -2.43. The van der Waals surface area contributed by atoms with Crippen molar-refractivity contribution in [3.63, 3.8) is 0 Å². The van der Waals surface area contributed by atoms with Gasteiger partial charge in [-0.05, 0) is 58.6 Å². The smallest absolute Gasteiger partial charge is 0.141 e. The normalized spacial score (nSPS) is 23.1. The van der Waals surface area contributed by atoms with Crippen molar-refractivity contribution in [1.29, 1.82) is 0 Å². The first-order valence-corrected chi connectivity index (χ1v) is 7.33. The summed E-state index contributed by atoms with van der Waals surface area (Å²) < 4.78 is 0. The molecule has 0 N–H and O–H groups in total. The van der Waals surface area contributed by atoms with Crippen LogP contribution in [0.1, 0.15) is 43.4 Å². The molecule has 0 radical (unpaired) electrons. The maximum atomic E-state index is 12.0. The molecule has 1 aliphatic heterocycles. The number of rotatable bonds is 2. The van der Waals surface area contributed by atoms with E-state index in [9.17, 15) is 4.79 Å². The molecule has 0 aliphatic carbocycles. The highest BCUT2D eigenvalue weighted by molar-refractivity contribution is 5.87. The monoisotopic (exact) mass is 271 g/mol. The lowest BCUT2D eigenvalue weighted by Crippen LogP contribution is -2.43. The molecular formula is C18H25NO. The molecule has 2 heteroatoms. The second kappa shape index (κ2) is 5.08. The minimum Gasteiger partial charge on any atom is -0.344 e. The summed E-state index contributed by atoms with van der Waals surface area (Å²) in [6.45, 7) is 15.3. The van der Waals surface area contributed by atoms with E-state index in [1.54, 1.807) is 6.92 Å². The Labute approximate surface area is 122 Å². The topological polar surface area (TPSA) is 20.3 Å². The van der Waals surface area contributed by atoms with E-state index in [1.807, 2.05) is 6.92 Å². The second-order valence-corrected chi connectivity index (χ2v) is 6.34. The van der Waals surface area contributed by atoms with Gasteiger partial charge in [0, 0.05) is 17.9 Å². The third-order valence-corrected chi connectivity index (χ3v) is 4.70. The maximum absolute atomic E-state index is 12.0. The molecule has 2 nitrogen and oxygen atoms in total. The number of nitrogens with zero attached hydrogens (tertiary/aromatic N) is 1. The maximum Gasteiger partial charge on any atom is 0.141 e. The van der Waals surface area contributed by atoms with Gasteiger partial charge >= 0.3 is 0 Å². The quantitative estimate of drug-likeness (QED) is 0.798. The second-order valence-electron chi connectivity index (χ2n) is 6.34. The molecule has 1 heterocycles. The van der Waals surface area contributed by atoms with Crippen molar-refractivity contribution in [2.45, 2.75) is 47.5 Å².